The average molecular weight is 109 g/mol. The molecule has 0 aliphatic rings. The van der Waals surface area contributed by atoms with Crippen molar-refractivity contribution in [1.82, 2.24) is 4.72 Å². The van der Waals surface area contributed by atoms with Gasteiger partial charge >= 0.3 is 0 Å². The van der Waals surface area contributed by atoms with E-state index in [0.717, 1.165) is 0 Å². The first-order chi connectivity index (χ1) is 2.41. The third-order valence-electron chi connectivity index (χ3n) is 0.167. The topological polar surface area (TPSA) is 12.0 Å². The highest BCUT2D eigenvalue weighted by Crippen LogP contribution is 2.08. The van der Waals surface area contributed by atoms with E-state index >= 15 is 0 Å². The Morgan fingerprint density at radius 3 is 2.20 bits per heavy atom. The Bertz CT molecular complexity index is 15.1. The maximum absolute atomic E-state index is 2.90. The molecule has 0 unspecified atom stereocenters. The zero-order valence-electron chi connectivity index (χ0n) is 3.32. The summed E-state index contributed by atoms with van der Waals surface area (Å²) in [6.07, 6.45) is 2.03. The van der Waals surface area contributed by atoms with Crippen molar-refractivity contribution in [2.45, 2.75) is 0 Å². The maximum atomic E-state index is 2.90. The summed E-state index contributed by atoms with van der Waals surface area (Å²) < 4.78 is 2.90. The van der Waals surface area contributed by atoms with Crippen LogP contribution in [0.2, 0.25) is 0 Å². The summed E-state index contributed by atoms with van der Waals surface area (Å²) >= 11 is 0. The minimum Gasteiger partial charge on any atom is -0.258 e. The van der Waals surface area contributed by atoms with Gasteiger partial charge in [-0.2, -0.15) is 0 Å². The molecule has 0 rings (SSSR count). The van der Waals surface area contributed by atoms with Gasteiger partial charge < -0.3 is 0 Å². The second kappa shape index (κ2) is 4.66. The summed E-state index contributed by atoms with van der Waals surface area (Å²) in [6.45, 7) is 0. The van der Waals surface area contributed by atoms with Gasteiger partial charge in [-0.1, -0.05) is 10.8 Å². The fourth-order valence-electron chi connectivity index (χ4n) is 0.0833. The van der Waals surface area contributed by atoms with E-state index in [-0.39, 0.29) is 0 Å². The number of nitrogens with one attached hydrogen (secondary N) is 1. The van der Waals surface area contributed by atoms with Gasteiger partial charge in [0.05, 0.1) is 0 Å². The molecule has 1 N–H and O–H groups in total. The molecule has 0 aliphatic heterocycles. The van der Waals surface area contributed by atoms with E-state index in [1.165, 1.54) is 0 Å². The Kier molecular flexibility index (Phi) is 5.28. The molecule has 0 aliphatic carbocycles. The van der Waals surface area contributed by atoms with Crippen molar-refractivity contribution in [2.75, 3.05) is 13.3 Å². The minimum atomic E-state index is 1.63. The lowest BCUT2D eigenvalue weighted by Gasteiger charge is -1.83. The lowest BCUT2D eigenvalue weighted by molar-refractivity contribution is 1.31. The van der Waals surface area contributed by atoms with Gasteiger partial charge in [-0.15, -0.1) is 0 Å². The van der Waals surface area contributed by atoms with Crippen molar-refractivity contribution in [3.05, 3.63) is 0 Å². The van der Waals surface area contributed by atoms with Gasteiger partial charge in [0.1, 0.15) is 0 Å². The van der Waals surface area contributed by atoms with Crippen molar-refractivity contribution < 1.29 is 0 Å². The van der Waals surface area contributed by atoms with Crippen LogP contribution in [-0.2, 0) is 0 Å². The number of hydrogen-bond donors (Lipinski definition) is 1. The minimum absolute atomic E-state index is 1.63. The third kappa shape index (κ3) is 4.66. The second-order valence-corrected chi connectivity index (χ2v) is 2.86. The molecule has 0 aromatic heterocycles. The molecule has 1 nitrogen and oxygen atoms in total. The van der Waals surface area contributed by atoms with Gasteiger partial charge in [-0.3, -0.25) is 4.72 Å². The van der Waals surface area contributed by atoms with Gasteiger partial charge in [-0.05, 0) is 24.3 Å². The third-order valence-corrected chi connectivity index (χ3v) is 1.50. The average Bonchev–Trinajstić information content (AvgIpc) is 1.41. The SMILES string of the molecule is CNSSC. The van der Waals surface area contributed by atoms with Crippen molar-refractivity contribution in [3.63, 3.8) is 0 Å². The quantitative estimate of drug-likeness (QED) is 0.422. The van der Waals surface area contributed by atoms with Crippen LogP contribution in [0.1, 0.15) is 0 Å². The lowest BCUT2D eigenvalue weighted by Crippen LogP contribution is -1.83. The van der Waals surface area contributed by atoms with E-state index in [2.05, 4.69) is 4.72 Å². The predicted octanol–water partition coefficient (Wildman–Crippen LogP) is 1.13. The standard InChI is InChI=1S/C2H7NS2/c1-3-5-4-2/h3H,1-2H3. The smallest absolute Gasteiger partial charge is 0.00485 e. The van der Waals surface area contributed by atoms with E-state index in [9.17, 15) is 0 Å². The van der Waals surface area contributed by atoms with Crippen LogP contribution in [0, 0.1) is 0 Å². The lowest BCUT2D eigenvalue weighted by atomic mass is 11.6. The summed E-state index contributed by atoms with van der Waals surface area (Å²) in [4.78, 5) is 0. The summed E-state index contributed by atoms with van der Waals surface area (Å²) in [5.74, 6) is 0. The molecular weight excluding hydrogens is 102 g/mol. The molecule has 0 fully saturated rings. The molecule has 0 radical (unpaired) electrons. The fourth-order valence-corrected chi connectivity index (χ4v) is 0.750. The summed E-state index contributed by atoms with van der Waals surface area (Å²) in [5.41, 5.74) is 0. The van der Waals surface area contributed by atoms with Gasteiger partial charge in [0.2, 0.25) is 0 Å². The van der Waals surface area contributed by atoms with Crippen LogP contribution < -0.4 is 4.72 Å². The summed E-state index contributed by atoms with van der Waals surface area (Å²) in [5, 5.41) is 0. The molecular formula is C2H7NS2. The van der Waals surface area contributed by atoms with E-state index in [1.807, 2.05) is 13.3 Å². The number of rotatable bonds is 2. The fraction of sp³-hybridized carbons (Fsp3) is 1.00. The molecule has 0 heterocycles. The highest BCUT2D eigenvalue weighted by atomic mass is 33.1. The van der Waals surface area contributed by atoms with Crippen LogP contribution in [0.5, 0.6) is 0 Å². The van der Waals surface area contributed by atoms with Crippen LogP contribution in [-0.4, -0.2) is 13.3 Å². The highest BCUT2D eigenvalue weighted by molar-refractivity contribution is 8.75. The Labute approximate surface area is 40.4 Å². The summed E-state index contributed by atoms with van der Waals surface area (Å²) in [6, 6.07) is 0. The predicted molar refractivity (Wildman–Crippen MR) is 30.2 cm³/mol. The monoisotopic (exact) mass is 109 g/mol. The van der Waals surface area contributed by atoms with Crippen molar-refractivity contribution in [2.24, 2.45) is 0 Å². The molecule has 0 spiro atoms. The van der Waals surface area contributed by atoms with Crippen LogP contribution in [0.25, 0.3) is 0 Å². The van der Waals surface area contributed by atoms with E-state index < -0.39 is 0 Å². The zero-order chi connectivity index (χ0) is 4.12. The van der Waals surface area contributed by atoms with Crippen molar-refractivity contribution in [1.29, 1.82) is 0 Å². The molecule has 0 amide bonds. The zero-order valence-corrected chi connectivity index (χ0v) is 4.95. The molecule has 0 saturated heterocycles. The first-order valence-corrected chi connectivity index (χ1v) is 3.84. The van der Waals surface area contributed by atoms with Crippen molar-refractivity contribution >= 4 is 21.8 Å². The first kappa shape index (κ1) is 5.66. The van der Waals surface area contributed by atoms with Crippen LogP contribution in [0.15, 0.2) is 0 Å². The highest BCUT2D eigenvalue weighted by Gasteiger charge is 1.65. The molecule has 32 valence electrons. The van der Waals surface area contributed by atoms with Crippen molar-refractivity contribution in [3.8, 4) is 0 Å². The first-order valence-electron chi connectivity index (χ1n) is 1.28. The van der Waals surface area contributed by atoms with E-state index in [0.29, 0.717) is 0 Å². The van der Waals surface area contributed by atoms with Gasteiger partial charge in [0.25, 0.3) is 0 Å². The van der Waals surface area contributed by atoms with Gasteiger partial charge in [0.15, 0.2) is 0 Å². The Morgan fingerprint density at radius 1 is 1.60 bits per heavy atom. The Hall–Kier alpha value is 0.660. The molecule has 0 bridgehead atoms. The van der Waals surface area contributed by atoms with E-state index in [1.54, 1.807) is 21.8 Å². The number of hydrogen-bond acceptors (Lipinski definition) is 3. The largest absolute Gasteiger partial charge is 0.258 e. The van der Waals surface area contributed by atoms with Crippen LogP contribution in [0.4, 0.5) is 0 Å². The molecule has 0 saturated carbocycles. The van der Waals surface area contributed by atoms with Gasteiger partial charge in [-0.25, -0.2) is 0 Å². The molecule has 5 heavy (non-hydrogen) atoms. The summed E-state index contributed by atoms with van der Waals surface area (Å²) in [7, 11) is 5.24. The molecule has 0 aromatic carbocycles. The normalized spacial score (nSPS) is 8.40. The molecule has 3 heteroatoms. The maximum Gasteiger partial charge on any atom is -0.00485 e. The molecule has 0 aromatic rings. The second-order valence-electron chi connectivity index (χ2n) is 0.454. The van der Waals surface area contributed by atoms with Gasteiger partial charge in [0, 0.05) is 0 Å². The van der Waals surface area contributed by atoms with Crippen LogP contribution >= 0.6 is 21.8 Å². The molecule has 0 atom stereocenters. The Balaban J connectivity index is 2.19. The Morgan fingerprint density at radius 2 is 2.20 bits per heavy atom. The van der Waals surface area contributed by atoms with Crippen LogP contribution in [0.3, 0.4) is 0 Å². The van der Waals surface area contributed by atoms with E-state index in [4.69, 9.17) is 0 Å².